The summed E-state index contributed by atoms with van der Waals surface area (Å²) in [6.45, 7) is 10.5. The van der Waals surface area contributed by atoms with E-state index in [1.165, 1.54) is 47.3 Å². The van der Waals surface area contributed by atoms with Gasteiger partial charge in [-0.3, -0.25) is 14.9 Å². The lowest BCUT2D eigenvalue weighted by Crippen LogP contribution is -2.43. The number of nitrogens with zero attached hydrogens (tertiary/aromatic N) is 6. The van der Waals surface area contributed by atoms with Gasteiger partial charge in [-0.05, 0) is 90.1 Å². The molecule has 0 saturated heterocycles. The van der Waals surface area contributed by atoms with Gasteiger partial charge in [0, 0.05) is 62.5 Å². The summed E-state index contributed by atoms with van der Waals surface area (Å²) < 4.78 is 31.8. The topological polar surface area (TPSA) is 246 Å². The van der Waals surface area contributed by atoms with E-state index in [9.17, 15) is 28.8 Å². The lowest BCUT2D eigenvalue weighted by atomic mass is 10.1. The molecule has 71 heavy (non-hydrogen) atoms. The summed E-state index contributed by atoms with van der Waals surface area (Å²) in [4.78, 5) is 86.4. The number of carbonyl (C=O) groups is 6. The number of pyridine rings is 2. The Morgan fingerprint density at radius 2 is 1.13 bits per heavy atom. The monoisotopic (exact) mass is 1030 g/mol. The number of esters is 2. The number of imidazole rings is 1. The van der Waals surface area contributed by atoms with Crippen molar-refractivity contribution in [1.82, 2.24) is 29.3 Å². The number of nitrogen functional groups attached to an aromatic ring is 1. The Hall–Kier alpha value is -6.81. The SMILES string of the molecule is COC(=O)CCC[C@@H](COC(=O)Nc1cc2ccccc2cn1)N(C)C(=O)OC(C)(C)C.COC(=O)CCC[C@@H](COC(=O)n1ccnc1)N(C)C(=O)OC(C)(C)C.Nc1cc2ccccc2cn1.S.S. The number of aromatic nitrogens is 4. The van der Waals surface area contributed by atoms with E-state index in [2.05, 4.69) is 29.7 Å². The molecular formula is C49H70N8O12S2. The van der Waals surface area contributed by atoms with E-state index in [0.717, 1.165) is 21.5 Å². The highest BCUT2D eigenvalue weighted by Gasteiger charge is 2.28. The van der Waals surface area contributed by atoms with Gasteiger partial charge < -0.3 is 44.0 Å². The molecule has 0 saturated carbocycles. The van der Waals surface area contributed by atoms with Crippen LogP contribution in [0.3, 0.4) is 0 Å². The highest BCUT2D eigenvalue weighted by molar-refractivity contribution is 7.59. The summed E-state index contributed by atoms with van der Waals surface area (Å²) in [6.07, 6.45) is 7.55. The molecule has 5 rings (SSSR count). The van der Waals surface area contributed by atoms with E-state index in [-0.39, 0.29) is 65.0 Å². The van der Waals surface area contributed by atoms with Gasteiger partial charge in [-0.1, -0.05) is 48.5 Å². The van der Waals surface area contributed by atoms with Gasteiger partial charge in [-0.15, -0.1) is 0 Å². The van der Waals surface area contributed by atoms with Crippen LogP contribution < -0.4 is 11.1 Å². The average Bonchev–Trinajstić information content (AvgIpc) is 3.85. The second-order valence-corrected chi connectivity index (χ2v) is 17.6. The van der Waals surface area contributed by atoms with Gasteiger partial charge in [-0.25, -0.2) is 38.7 Å². The van der Waals surface area contributed by atoms with Gasteiger partial charge in [0.1, 0.15) is 42.4 Å². The lowest BCUT2D eigenvalue weighted by Gasteiger charge is -2.30. The van der Waals surface area contributed by atoms with E-state index in [1.807, 2.05) is 54.6 Å². The summed E-state index contributed by atoms with van der Waals surface area (Å²) in [7, 11) is 5.78. The maximum absolute atomic E-state index is 12.5. The number of hydrogen-bond donors (Lipinski definition) is 2. The van der Waals surface area contributed by atoms with E-state index in [4.69, 9.17) is 24.7 Å². The molecule has 2 atom stereocenters. The molecule has 0 aliphatic rings. The van der Waals surface area contributed by atoms with Crippen LogP contribution in [-0.4, -0.2) is 130 Å². The number of likely N-dealkylation sites (N-methyl/N-ethyl adjacent to an activating group) is 2. The van der Waals surface area contributed by atoms with Gasteiger partial charge in [0.15, 0.2) is 0 Å². The molecule has 390 valence electrons. The fourth-order valence-corrected chi connectivity index (χ4v) is 6.09. The maximum atomic E-state index is 12.5. The third-order valence-corrected chi connectivity index (χ3v) is 9.78. The second kappa shape index (κ2) is 30.7. The largest absolute Gasteiger partial charge is 0.469 e. The summed E-state index contributed by atoms with van der Waals surface area (Å²) in [5.74, 6) is 0.254. The number of nitrogens with two attached hydrogens (primary N) is 1. The van der Waals surface area contributed by atoms with E-state index in [1.54, 1.807) is 74.1 Å². The second-order valence-electron chi connectivity index (χ2n) is 17.6. The predicted octanol–water partition coefficient (Wildman–Crippen LogP) is 8.85. The number of methoxy groups -OCH3 is 2. The third-order valence-electron chi connectivity index (χ3n) is 9.78. The smallest absolute Gasteiger partial charge is 0.419 e. The molecule has 3 heterocycles. The zero-order valence-corrected chi connectivity index (χ0v) is 44.1. The maximum Gasteiger partial charge on any atom is 0.419 e. The Balaban J connectivity index is 0.000000576. The molecule has 0 aliphatic carbocycles. The Morgan fingerprint density at radius 3 is 1.58 bits per heavy atom. The summed E-state index contributed by atoms with van der Waals surface area (Å²) in [5.41, 5.74) is 4.20. The van der Waals surface area contributed by atoms with Crippen LogP contribution in [0.5, 0.6) is 0 Å². The average molecular weight is 1030 g/mol. The van der Waals surface area contributed by atoms with Crippen molar-refractivity contribution in [3.63, 3.8) is 0 Å². The predicted molar refractivity (Wildman–Crippen MR) is 280 cm³/mol. The number of nitrogens with one attached hydrogen (secondary N) is 1. The normalized spacial score (nSPS) is 11.5. The molecule has 0 fully saturated rings. The van der Waals surface area contributed by atoms with Crippen molar-refractivity contribution in [3.05, 3.63) is 91.8 Å². The fraction of sp³-hybridized carbons (Fsp3) is 0.449. The Morgan fingerprint density at radius 1 is 0.676 bits per heavy atom. The van der Waals surface area contributed by atoms with Crippen molar-refractivity contribution in [2.75, 3.05) is 52.6 Å². The molecule has 22 heteroatoms. The van der Waals surface area contributed by atoms with Gasteiger partial charge in [0.05, 0.1) is 26.3 Å². The molecule has 2 aromatic carbocycles. The number of benzene rings is 2. The van der Waals surface area contributed by atoms with Crippen LogP contribution in [0.15, 0.2) is 91.8 Å². The number of amides is 3. The molecule has 5 aromatic rings. The van der Waals surface area contributed by atoms with Crippen LogP contribution in [0.4, 0.5) is 30.8 Å². The number of rotatable bonds is 15. The van der Waals surface area contributed by atoms with Crippen molar-refractivity contribution in [3.8, 4) is 0 Å². The quantitative estimate of drug-likeness (QED) is 0.0734. The van der Waals surface area contributed by atoms with E-state index in [0.29, 0.717) is 37.3 Å². The number of anilines is 2. The van der Waals surface area contributed by atoms with Crippen LogP contribution in [-0.2, 0) is 38.0 Å². The molecule has 0 unspecified atom stereocenters. The third kappa shape index (κ3) is 23.6. The molecule has 3 N–H and O–H groups in total. The van der Waals surface area contributed by atoms with Crippen LogP contribution in [0.25, 0.3) is 21.5 Å². The van der Waals surface area contributed by atoms with Crippen molar-refractivity contribution >= 4 is 96.5 Å². The summed E-state index contributed by atoms with van der Waals surface area (Å²) >= 11 is 0. The molecule has 0 bridgehead atoms. The van der Waals surface area contributed by atoms with Crippen LogP contribution in [0, 0.1) is 0 Å². The van der Waals surface area contributed by atoms with Crippen LogP contribution >= 0.6 is 27.0 Å². The van der Waals surface area contributed by atoms with Crippen LogP contribution in [0.1, 0.15) is 80.1 Å². The van der Waals surface area contributed by atoms with E-state index < -0.39 is 47.7 Å². The Labute approximate surface area is 429 Å². The van der Waals surface area contributed by atoms with Crippen molar-refractivity contribution < 1.29 is 57.2 Å². The Bertz CT molecular complexity index is 2450. The minimum atomic E-state index is -0.691. The van der Waals surface area contributed by atoms with E-state index >= 15 is 0 Å². The highest BCUT2D eigenvalue weighted by Crippen LogP contribution is 2.19. The molecule has 3 aromatic heterocycles. The molecule has 0 aliphatic heterocycles. The first-order valence-electron chi connectivity index (χ1n) is 22.2. The lowest BCUT2D eigenvalue weighted by molar-refractivity contribution is -0.141. The molecule has 20 nitrogen and oxygen atoms in total. The number of ether oxygens (including phenoxy) is 6. The first kappa shape index (κ1) is 62.2. The van der Waals surface area contributed by atoms with Gasteiger partial charge in [0.2, 0.25) is 0 Å². The van der Waals surface area contributed by atoms with Crippen molar-refractivity contribution in [2.45, 2.75) is 103 Å². The first-order chi connectivity index (χ1) is 32.6. The summed E-state index contributed by atoms with van der Waals surface area (Å²) in [5, 5.41) is 6.75. The van der Waals surface area contributed by atoms with Gasteiger partial charge in [0.25, 0.3) is 0 Å². The molecule has 0 radical (unpaired) electrons. The highest BCUT2D eigenvalue weighted by atomic mass is 32.1. The minimum Gasteiger partial charge on any atom is -0.469 e. The zero-order valence-electron chi connectivity index (χ0n) is 42.1. The Kier molecular flexibility index (Phi) is 26.9. The van der Waals surface area contributed by atoms with Gasteiger partial charge in [-0.2, -0.15) is 27.0 Å². The number of hydrogen-bond acceptors (Lipinski definition) is 16. The fourth-order valence-electron chi connectivity index (χ4n) is 6.09. The molecule has 0 spiro atoms. The first-order valence-corrected chi connectivity index (χ1v) is 22.2. The zero-order chi connectivity index (χ0) is 51.1. The summed E-state index contributed by atoms with van der Waals surface area (Å²) in [6, 6.07) is 18.4. The van der Waals surface area contributed by atoms with Crippen molar-refractivity contribution in [2.24, 2.45) is 0 Å². The standard InChI is InChI=1S/C23H31N3O6.C17H27N3O6.C9H8N2.2H2S/c1-23(2,3)32-22(29)26(4)18(11-8-12-20(27)30-5)15-31-21(28)25-19-13-16-9-6-7-10-17(16)14-24-19;1-17(2,3)26-15(22)19(4)13(7-6-8-14(21)24-5)11-25-16(23)20-10-9-18-12-20;10-9-5-7-3-1-2-4-8(7)6-11-9;;/h6-7,9-10,13-14,18H,8,11-12,15H2,1-5H3,(H,24,25,28);9-10,12-13H,6-8,11H2,1-5H3;1-6H,(H2,10,11);2*1H2/t18-;13-;;;/m00.../s1. The number of fused-ring (bicyclic) bond motifs is 2. The van der Waals surface area contributed by atoms with Gasteiger partial charge >= 0.3 is 36.3 Å². The molecule has 3 amide bonds. The van der Waals surface area contributed by atoms with Crippen LogP contribution in [0.2, 0.25) is 0 Å². The van der Waals surface area contributed by atoms with Crippen molar-refractivity contribution in [1.29, 1.82) is 0 Å². The molecular weight excluding hydrogens is 957 g/mol. The minimum absolute atomic E-state index is 0. The number of carbonyl (C=O) groups excluding carboxylic acids is 6.